The number of nitrogens with one attached hydrogen (secondary N) is 2. The van der Waals surface area contributed by atoms with Gasteiger partial charge in [0.2, 0.25) is 11.9 Å². The zero-order chi connectivity index (χ0) is 36.7. The number of alkyl halides is 6. The van der Waals surface area contributed by atoms with E-state index in [1.807, 2.05) is 14.1 Å². The van der Waals surface area contributed by atoms with Gasteiger partial charge in [-0.1, -0.05) is 18.2 Å². The van der Waals surface area contributed by atoms with Gasteiger partial charge in [0.15, 0.2) is 5.82 Å². The third-order valence-corrected chi connectivity index (χ3v) is 8.84. The normalized spacial score (nSPS) is 17.2. The molecule has 18 heteroatoms. The van der Waals surface area contributed by atoms with E-state index in [4.69, 9.17) is 16.3 Å². The lowest BCUT2D eigenvalue weighted by molar-refractivity contribution is -0.172. The Morgan fingerprint density at radius 1 is 1.16 bits per heavy atom. The van der Waals surface area contributed by atoms with Gasteiger partial charge in [0.25, 0.3) is 0 Å². The summed E-state index contributed by atoms with van der Waals surface area (Å²) in [6.07, 6.45) is -6.44. The Bertz CT molecular complexity index is 1800. The molecular formula is C32H33ClF6N8O3. The average Bonchev–Trinajstić information content (AvgIpc) is 3.54. The number of likely N-dealkylation sites (N-methyl/N-ethyl adjacent to an activating group) is 1. The molecule has 0 spiro atoms. The van der Waals surface area contributed by atoms with Crippen LogP contribution in [0.5, 0.6) is 5.75 Å². The largest absolute Gasteiger partial charge is 0.494 e. The van der Waals surface area contributed by atoms with E-state index in [1.165, 1.54) is 13.3 Å². The Morgan fingerprint density at radius 2 is 1.88 bits per heavy atom. The quantitative estimate of drug-likeness (QED) is 0.176. The standard InChI is InChI=1S/C32H33ClF6N8O3/c1-6-27(48)41-23-12-24(26(50-5)13-25(23)45-10-9-20(16-45)44(3)4)42-29-40-14-18-15-46(17(2)31(34,35)36)30(49)47(28(18)43-29)19-7-8-21(22(33)11-19)32(37,38)39/h6-8,11-14,17,20H,1,9-10,15-16H2,2-5H3,(H,41,48)(H,40,42,43)/t17-,20+/m0/s1. The number of benzene rings is 2. The number of ether oxygens (including phenoxy) is 1. The summed E-state index contributed by atoms with van der Waals surface area (Å²) >= 11 is 5.94. The fourth-order valence-electron chi connectivity index (χ4n) is 5.70. The molecule has 2 aliphatic heterocycles. The molecule has 50 heavy (non-hydrogen) atoms. The number of aromatic nitrogens is 2. The summed E-state index contributed by atoms with van der Waals surface area (Å²) in [6.45, 7) is 5.14. The van der Waals surface area contributed by atoms with Crippen molar-refractivity contribution in [3.8, 4) is 5.75 Å². The number of urea groups is 1. The molecule has 2 aliphatic rings. The molecule has 3 amide bonds. The predicted molar refractivity (Wildman–Crippen MR) is 176 cm³/mol. The van der Waals surface area contributed by atoms with Crippen molar-refractivity contribution >= 4 is 58.1 Å². The Balaban J connectivity index is 1.58. The van der Waals surface area contributed by atoms with Crippen LogP contribution in [0.25, 0.3) is 0 Å². The van der Waals surface area contributed by atoms with Crippen LogP contribution in [0.3, 0.4) is 0 Å². The van der Waals surface area contributed by atoms with Gasteiger partial charge in [0.1, 0.15) is 11.8 Å². The fourth-order valence-corrected chi connectivity index (χ4v) is 5.98. The SMILES string of the molecule is C=CC(=O)Nc1cc(Nc2ncc3c(n2)N(c2ccc(C(F)(F)F)c(Cl)c2)C(=O)N([C@@H](C)C(F)(F)F)C3)c(OC)cc1N1CC[C@@H](N(C)C)C1. The topological polar surface area (TPSA) is 106 Å². The van der Waals surface area contributed by atoms with Gasteiger partial charge in [0, 0.05) is 37.0 Å². The molecule has 2 atom stereocenters. The number of nitrogens with zero attached hydrogens (tertiary/aromatic N) is 6. The molecule has 0 saturated carbocycles. The number of methoxy groups -OCH3 is 1. The van der Waals surface area contributed by atoms with Gasteiger partial charge >= 0.3 is 18.4 Å². The number of anilines is 6. The molecule has 3 heterocycles. The van der Waals surface area contributed by atoms with Gasteiger partial charge in [-0.3, -0.25) is 4.79 Å². The van der Waals surface area contributed by atoms with Crippen LogP contribution in [0.2, 0.25) is 5.02 Å². The van der Waals surface area contributed by atoms with E-state index in [-0.39, 0.29) is 34.7 Å². The third-order valence-electron chi connectivity index (χ3n) is 8.53. The average molecular weight is 727 g/mol. The zero-order valence-electron chi connectivity index (χ0n) is 27.3. The minimum absolute atomic E-state index is 0.0769. The Morgan fingerprint density at radius 3 is 2.46 bits per heavy atom. The molecule has 3 aromatic rings. The number of amides is 3. The highest BCUT2D eigenvalue weighted by molar-refractivity contribution is 6.31. The van der Waals surface area contributed by atoms with Crippen LogP contribution in [0.15, 0.2) is 49.2 Å². The summed E-state index contributed by atoms with van der Waals surface area (Å²) in [5.41, 5.74) is -0.0163. The first-order valence-electron chi connectivity index (χ1n) is 15.2. The summed E-state index contributed by atoms with van der Waals surface area (Å²) in [6, 6.07) is 2.50. The Labute approximate surface area is 288 Å². The molecule has 2 N–H and O–H groups in total. The van der Waals surface area contributed by atoms with Crippen LogP contribution in [0, 0.1) is 0 Å². The molecule has 5 rings (SSSR count). The maximum Gasteiger partial charge on any atom is 0.417 e. The van der Waals surface area contributed by atoms with Crippen LogP contribution < -0.4 is 25.2 Å². The lowest BCUT2D eigenvalue weighted by atomic mass is 10.1. The lowest BCUT2D eigenvalue weighted by Crippen LogP contribution is -2.53. The second-order valence-electron chi connectivity index (χ2n) is 11.9. The van der Waals surface area contributed by atoms with Gasteiger partial charge < -0.3 is 30.1 Å². The number of hydrogen-bond acceptors (Lipinski definition) is 8. The summed E-state index contributed by atoms with van der Waals surface area (Å²) in [5, 5.41) is 5.01. The van der Waals surface area contributed by atoms with E-state index in [0.29, 0.717) is 41.2 Å². The highest BCUT2D eigenvalue weighted by atomic mass is 35.5. The third kappa shape index (κ3) is 7.38. The first kappa shape index (κ1) is 36.5. The summed E-state index contributed by atoms with van der Waals surface area (Å²) in [5.74, 6) is -0.481. The Hall–Kier alpha value is -4.77. The molecule has 0 aliphatic carbocycles. The van der Waals surface area contributed by atoms with Crippen LogP contribution in [-0.4, -0.2) is 84.3 Å². The highest BCUT2D eigenvalue weighted by Crippen LogP contribution is 2.43. The molecule has 0 unspecified atom stereocenters. The monoisotopic (exact) mass is 726 g/mol. The van der Waals surface area contributed by atoms with E-state index >= 15 is 0 Å². The molecule has 2 aromatic carbocycles. The van der Waals surface area contributed by atoms with E-state index < -0.39 is 47.5 Å². The summed E-state index contributed by atoms with van der Waals surface area (Å²) in [7, 11) is 5.39. The number of hydrogen-bond donors (Lipinski definition) is 2. The fraction of sp³-hybridized carbons (Fsp3) is 0.375. The van der Waals surface area contributed by atoms with Crippen molar-refractivity contribution in [2.24, 2.45) is 0 Å². The second kappa shape index (κ2) is 13.9. The molecule has 0 bridgehead atoms. The van der Waals surface area contributed by atoms with Crippen molar-refractivity contribution < 1.29 is 40.7 Å². The number of fused-ring (bicyclic) bond motifs is 1. The minimum atomic E-state index is -4.82. The van der Waals surface area contributed by atoms with Gasteiger partial charge in [-0.05, 0) is 57.8 Å². The zero-order valence-corrected chi connectivity index (χ0v) is 28.0. The molecule has 0 radical (unpaired) electrons. The number of rotatable bonds is 9. The molecular weight excluding hydrogens is 694 g/mol. The van der Waals surface area contributed by atoms with Crippen molar-refractivity contribution in [3.05, 3.63) is 65.3 Å². The molecule has 1 saturated heterocycles. The van der Waals surface area contributed by atoms with Crippen molar-refractivity contribution in [3.63, 3.8) is 0 Å². The number of carbonyl (C=O) groups excluding carboxylic acids is 2. The molecule has 11 nitrogen and oxygen atoms in total. The van der Waals surface area contributed by atoms with Gasteiger partial charge in [-0.25, -0.2) is 14.7 Å². The van der Waals surface area contributed by atoms with Crippen molar-refractivity contribution in [1.82, 2.24) is 19.8 Å². The van der Waals surface area contributed by atoms with Crippen LogP contribution in [0.1, 0.15) is 24.5 Å². The van der Waals surface area contributed by atoms with Crippen LogP contribution >= 0.6 is 11.6 Å². The van der Waals surface area contributed by atoms with Gasteiger partial charge in [0.05, 0.1) is 47.0 Å². The molecule has 268 valence electrons. The highest BCUT2D eigenvalue weighted by Gasteiger charge is 2.46. The van der Waals surface area contributed by atoms with Crippen molar-refractivity contribution in [2.75, 3.05) is 54.7 Å². The second-order valence-corrected chi connectivity index (χ2v) is 12.3. The number of carbonyl (C=O) groups is 2. The van der Waals surface area contributed by atoms with E-state index in [1.54, 1.807) is 12.1 Å². The van der Waals surface area contributed by atoms with Gasteiger partial charge in [-0.2, -0.15) is 31.3 Å². The van der Waals surface area contributed by atoms with E-state index in [0.717, 1.165) is 36.5 Å². The first-order chi connectivity index (χ1) is 23.4. The smallest absolute Gasteiger partial charge is 0.417 e. The number of halogens is 7. The minimum Gasteiger partial charge on any atom is -0.494 e. The van der Waals surface area contributed by atoms with Crippen molar-refractivity contribution in [2.45, 2.75) is 44.3 Å². The van der Waals surface area contributed by atoms with Gasteiger partial charge in [-0.15, -0.1) is 0 Å². The summed E-state index contributed by atoms with van der Waals surface area (Å²) < 4.78 is 87.5. The molecule has 1 aromatic heterocycles. The Kier molecular flexibility index (Phi) is 10.1. The maximum atomic E-state index is 13.8. The van der Waals surface area contributed by atoms with Crippen molar-refractivity contribution in [1.29, 1.82) is 0 Å². The lowest BCUT2D eigenvalue weighted by Gasteiger charge is -2.39. The predicted octanol–water partition coefficient (Wildman–Crippen LogP) is 7.19. The molecule has 1 fully saturated rings. The maximum absolute atomic E-state index is 13.8. The van der Waals surface area contributed by atoms with Crippen LogP contribution in [-0.2, 0) is 17.5 Å². The van der Waals surface area contributed by atoms with E-state index in [9.17, 15) is 35.9 Å². The van der Waals surface area contributed by atoms with Crippen LogP contribution in [0.4, 0.5) is 65.7 Å². The van der Waals surface area contributed by atoms with E-state index in [2.05, 4.69) is 37.0 Å². The summed E-state index contributed by atoms with van der Waals surface area (Å²) in [4.78, 5) is 40.2. The first-order valence-corrected chi connectivity index (χ1v) is 15.5.